The fourth-order valence-corrected chi connectivity index (χ4v) is 4.39. The molecule has 23 heavy (non-hydrogen) atoms. The first-order chi connectivity index (χ1) is 10.8. The lowest BCUT2D eigenvalue weighted by molar-refractivity contribution is -0.132. The lowest BCUT2D eigenvalue weighted by Gasteiger charge is -2.45. The van der Waals surface area contributed by atoms with Crippen molar-refractivity contribution >= 4 is 23.3 Å². The van der Waals surface area contributed by atoms with E-state index in [-0.39, 0.29) is 24.1 Å². The van der Waals surface area contributed by atoms with Crippen LogP contribution in [0.4, 0.5) is 4.79 Å². The molecule has 0 spiro atoms. The van der Waals surface area contributed by atoms with E-state index in [9.17, 15) is 9.59 Å². The van der Waals surface area contributed by atoms with Crippen molar-refractivity contribution in [2.45, 2.75) is 58.2 Å². The first kappa shape index (κ1) is 16.3. The number of amides is 2. The molecule has 2 saturated heterocycles. The number of nitrogens with zero attached hydrogens (tertiary/aromatic N) is 2. The fraction of sp³-hybridized carbons (Fsp3) is 0.647. The van der Waals surface area contributed by atoms with Gasteiger partial charge in [-0.3, -0.25) is 9.69 Å². The zero-order valence-corrected chi connectivity index (χ0v) is 15.0. The number of ether oxygens (including phenoxy) is 1. The number of carbonyl (C=O) groups excluding carboxylic acids is 2. The van der Waals surface area contributed by atoms with Crippen LogP contribution in [0.25, 0.3) is 0 Å². The molecule has 5 nitrogen and oxygen atoms in total. The Morgan fingerprint density at radius 2 is 2.04 bits per heavy atom. The maximum Gasteiger partial charge on any atom is 0.410 e. The van der Waals surface area contributed by atoms with Crippen LogP contribution in [-0.4, -0.2) is 46.5 Å². The summed E-state index contributed by atoms with van der Waals surface area (Å²) in [7, 11) is 0. The molecule has 1 aromatic heterocycles. The highest BCUT2D eigenvalue weighted by molar-refractivity contribution is 7.08. The molecule has 6 heteroatoms. The minimum Gasteiger partial charge on any atom is -0.444 e. The van der Waals surface area contributed by atoms with Gasteiger partial charge in [-0.15, -0.1) is 0 Å². The Hall–Kier alpha value is -1.56. The summed E-state index contributed by atoms with van der Waals surface area (Å²) in [5.74, 6) is 0.205. The van der Waals surface area contributed by atoms with Crippen LogP contribution in [0, 0.1) is 6.92 Å². The van der Waals surface area contributed by atoms with Gasteiger partial charge in [0.25, 0.3) is 0 Å². The van der Waals surface area contributed by atoms with E-state index in [0.29, 0.717) is 19.5 Å². The second-order valence-electron chi connectivity index (χ2n) is 7.32. The third-order valence-corrected chi connectivity index (χ3v) is 5.38. The number of aryl methyl sites for hydroxylation is 1. The van der Waals surface area contributed by atoms with E-state index in [2.05, 4.69) is 17.7 Å². The highest BCUT2D eigenvalue weighted by Crippen LogP contribution is 2.40. The summed E-state index contributed by atoms with van der Waals surface area (Å²) in [5, 5.41) is 4.20. The van der Waals surface area contributed by atoms with Gasteiger partial charge in [-0.2, -0.15) is 11.3 Å². The summed E-state index contributed by atoms with van der Waals surface area (Å²) in [6, 6.07) is -0.0339. The topological polar surface area (TPSA) is 49.9 Å². The Bertz CT molecular complexity index is 620. The molecule has 0 saturated carbocycles. The number of hydrogen-bond acceptors (Lipinski definition) is 4. The number of piperazine rings is 1. The highest BCUT2D eigenvalue weighted by atomic mass is 32.1. The molecular weight excluding hydrogens is 312 g/mol. The van der Waals surface area contributed by atoms with Crippen molar-refractivity contribution in [1.82, 2.24) is 9.80 Å². The molecule has 0 aliphatic carbocycles. The van der Waals surface area contributed by atoms with E-state index in [1.165, 1.54) is 5.56 Å². The van der Waals surface area contributed by atoms with E-state index in [1.54, 1.807) is 11.3 Å². The number of fused-ring (bicyclic) bond motifs is 1. The van der Waals surface area contributed by atoms with Gasteiger partial charge < -0.3 is 9.64 Å². The fourth-order valence-electron chi connectivity index (χ4n) is 3.51. The summed E-state index contributed by atoms with van der Waals surface area (Å²) in [6.45, 7) is 8.83. The van der Waals surface area contributed by atoms with Crippen LogP contribution >= 0.6 is 11.3 Å². The number of rotatable bonds is 1. The summed E-state index contributed by atoms with van der Waals surface area (Å²) in [6.07, 6.45) is 1.09. The largest absolute Gasteiger partial charge is 0.444 e. The quantitative estimate of drug-likeness (QED) is 0.790. The van der Waals surface area contributed by atoms with Crippen molar-refractivity contribution in [3.05, 3.63) is 21.9 Å². The molecule has 126 valence electrons. The van der Waals surface area contributed by atoms with Gasteiger partial charge in [-0.1, -0.05) is 0 Å². The molecule has 2 fully saturated rings. The number of hydrogen-bond donors (Lipinski definition) is 0. The molecule has 2 atom stereocenters. The van der Waals surface area contributed by atoms with Crippen LogP contribution in [0.2, 0.25) is 0 Å². The van der Waals surface area contributed by atoms with Gasteiger partial charge in [-0.05, 0) is 56.0 Å². The van der Waals surface area contributed by atoms with Crippen molar-refractivity contribution in [3.8, 4) is 0 Å². The lowest BCUT2D eigenvalue weighted by Crippen LogP contribution is -2.55. The minimum absolute atomic E-state index is 0.0667. The Morgan fingerprint density at radius 3 is 2.65 bits per heavy atom. The van der Waals surface area contributed by atoms with Crippen LogP contribution in [-0.2, 0) is 9.53 Å². The summed E-state index contributed by atoms with van der Waals surface area (Å²) in [5.41, 5.74) is 1.80. The van der Waals surface area contributed by atoms with Crippen LogP contribution in [0.15, 0.2) is 10.8 Å². The Balaban J connectivity index is 1.93. The maximum absolute atomic E-state index is 12.7. The molecule has 0 N–H and O–H groups in total. The van der Waals surface area contributed by atoms with Gasteiger partial charge in [0.15, 0.2) is 0 Å². The second kappa shape index (κ2) is 5.82. The third kappa shape index (κ3) is 3.09. The molecule has 2 aliphatic rings. The Morgan fingerprint density at radius 1 is 1.30 bits per heavy atom. The summed E-state index contributed by atoms with van der Waals surface area (Å²) < 4.78 is 5.61. The summed E-state index contributed by atoms with van der Waals surface area (Å²) >= 11 is 1.64. The minimum atomic E-state index is -0.520. The molecule has 0 unspecified atom stereocenters. The molecule has 0 radical (unpaired) electrons. The zero-order chi connectivity index (χ0) is 16.8. The predicted octanol–water partition coefficient (Wildman–Crippen LogP) is 3.34. The van der Waals surface area contributed by atoms with E-state index in [4.69, 9.17) is 4.74 Å². The average molecular weight is 336 g/mol. The molecule has 3 rings (SSSR count). The van der Waals surface area contributed by atoms with Crippen LogP contribution < -0.4 is 0 Å². The monoisotopic (exact) mass is 336 g/mol. The molecule has 2 aliphatic heterocycles. The van der Waals surface area contributed by atoms with Gasteiger partial charge in [0, 0.05) is 19.5 Å². The Labute approximate surface area is 141 Å². The second-order valence-corrected chi connectivity index (χ2v) is 8.07. The normalized spacial score (nSPS) is 24.8. The van der Waals surface area contributed by atoms with Gasteiger partial charge in [-0.25, -0.2) is 4.79 Å². The maximum atomic E-state index is 12.7. The molecule has 0 bridgehead atoms. The van der Waals surface area contributed by atoms with Crippen molar-refractivity contribution in [2.24, 2.45) is 0 Å². The van der Waals surface area contributed by atoms with E-state index in [0.717, 1.165) is 12.0 Å². The molecule has 3 heterocycles. The van der Waals surface area contributed by atoms with Crippen molar-refractivity contribution < 1.29 is 14.3 Å². The van der Waals surface area contributed by atoms with Gasteiger partial charge in [0.05, 0.1) is 12.1 Å². The highest BCUT2D eigenvalue weighted by Gasteiger charge is 2.46. The molecule has 2 amide bonds. The smallest absolute Gasteiger partial charge is 0.410 e. The van der Waals surface area contributed by atoms with Gasteiger partial charge in [0.1, 0.15) is 5.60 Å². The number of thiophene rings is 1. The third-order valence-electron chi connectivity index (χ3n) is 4.50. The van der Waals surface area contributed by atoms with Crippen LogP contribution in [0.1, 0.15) is 50.8 Å². The molecular formula is C17H24N2O3S. The first-order valence-corrected chi connectivity index (χ1v) is 9.04. The lowest BCUT2D eigenvalue weighted by atomic mass is 9.93. The van der Waals surface area contributed by atoms with Gasteiger partial charge in [0.2, 0.25) is 5.91 Å². The van der Waals surface area contributed by atoms with E-state index < -0.39 is 5.60 Å². The predicted molar refractivity (Wildman–Crippen MR) is 89.5 cm³/mol. The van der Waals surface area contributed by atoms with Crippen LogP contribution in [0.5, 0.6) is 0 Å². The van der Waals surface area contributed by atoms with E-state index in [1.807, 2.05) is 30.6 Å². The standard InChI is InChI=1S/C17H24N2O3S/c1-11-9-23-10-12(11)15-13-5-6-14(20)18(13)7-8-19(15)16(21)22-17(2,3)4/h9-10,13,15H,5-8H2,1-4H3/t13-,15-/m0/s1. The van der Waals surface area contributed by atoms with Gasteiger partial charge >= 0.3 is 6.09 Å². The van der Waals surface area contributed by atoms with Crippen molar-refractivity contribution in [2.75, 3.05) is 13.1 Å². The molecule has 1 aromatic rings. The van der Waals surface area contributed by atoms with Crippen LogP contribution in [0.3, 0.4) is 0 Å². The van der Waals surface area contributed by atoms with Crippen molar-refractivity contribution in [1.29, 1.82) is 0 Å². The summed E-state index contributed by atoms with van der Waals surface area (Å²) in [4.78, 5) is 28.6. The number of carbonyl (C=O) groups is 2. The average Bonchev–Trinajstić information content (AvgIpc) is 3.03. The first-order valence-electron chi connectivity index (χ1n) is 8.10. The SMILES string of the molecule is Cc1cscc1[C@H]1[C@@H]2CCC(=O)N2CCN1C(=O)OC(C)(C)C. The van der Waals surface area contributed by atoms with E-state index >= 15 is 0 Å². The zero-order valence-electron chi connectivity index (χ0n) is 14.2. The van der Waals surface area contributed by atoms with Crippen molar-refractivity contribution in [3.63, 3.8) is 0 Å². The Kier molecular flexibility index (Phi) is 4.12. The molecule has 0 aromatic carbocycles.